The number of likely N-dealkylation sites (tertiary alicyclic amines) is 3. The van der Waals surface area contributed by atoms with Crippen LogP contribution >= 0.6 is 0 Å². The molecule has 123 heavy (non-hydrogen) atoms. The molecule has 34 heteroatoms. The molecule has 5 aromatic heterocycles. The fraction of sp³-hybridized carbons (Fsp3) is 0.382. The van der Waals surface area contributed by atoms with Gasteiger partial charge in [0.1, 0.15) is 11.6 Å². The summed E-state index contributed by atoms with van der Waals surface area (Å²) in [6.07, 6.45) is 8.95. The van der Waals surface area contributed by atoms with E-state index in [9.17, 15) is 56.7 Å². The number of unbranched alkanes of at least 4 members (excludes halogenated alkanes) is 2. The third-order valence-electron chi connectivity index (χ3n) is 20.8. The quantitative estimate of drug-likeness (QED) is 0.0261. The molecule has 0 bridgehead atoms. The van der Waals surface area contributed by atoms with E-state index in [2.05, 4.69) is 69.2 Å². The molecule has 5 N–H and O–H groups in total. The standard InChI is InChI=1S/C20H26N4O3.C19H23FN4O3.C18H21N3O3.C16H16FN3O3.C16H17N3O3/c1-23-11-13-24(14-12-23)19(25)9-5-6-10-21-20(26)17-15-18(27-22-17)16-7-3-2-4-8-16;1-23-9-11-24(12-10-23)18(25)3-2-8-21-19(26)16-13-17(27-22-16)14-4-6-15(20)7-5-14;22-17(21-11-6-12-21)9-4-5-10-19-18(23)15-13-16(24-20-15)14-7-2-1-3-8-14;17-12-4-2-11(3-5-12)14-10-13(19-23-14)16(22)18-7-6-15(21)20-8-1-9-20;20-15(19-9-4-10-19)7-8-17-16(21)13-11-14(22-18-13)12-5-2-1-3-6-12/h2-4,7-8,15H,5-6,9-14H2,1H3,(H,21,26);4-7,13H,2-3,8-12H2,1H3,(H,21,26);1-3,7-8,13H,4-6,9-12H2,(H,19,23);2-5,10H,1,6-9H2,(H,18,22);1-3,5-6,11H,4,7-10H2,(H,17,21). The first-order valence-electron chi connectivity index (χ1n) is 41.5. The molecule has 0 spiro atoms. The Morgan fingerprint density at radius 1 is 0.276 bits per heavy atom. The lowest BCUT2D eigenvalue weighted by molar-refractivity contribution is -0.135. The minimum Gasteiger partial charge on any atom is -0.355 e. The number of nitrogens with zero attached hydrogens (tertiary/aromatic N) is 12. The van der Waals surface area contributed by atoms with Crippen LogP contribution < -0.4 is 26.6 Å². The van der Waals surface area contributed by atoms with Crippen LogP contribution in [0.1, 0.15) is 136 Å². The number of hydrogen-bond acceptors (Lipinski definition) is 22. The molecule has 0 saturated carbocycles. The number of benzene rings is 5. The molecular formula is C89H103F2N17O15. The first-order valence-corrected chi connectivity index (χ1v) is 41.5. The molecular weight excluding hydrogens is 1590 g/mol. The van der Waals surface area contributed by atoms with Gasteiger partial charge in [-0.05, 0) is 114 Å². The van der Waals surface area contributed by atoms with E-state index in [0.29, 0.717) is 98.2 Å². The third-order valence-corrected chi connectivity index (χ3v) is 20.8. The van der Waals surface area contributed by atoms with Gasteiger partial charge in [0, 0.05) is 215 Å². The Morgan fingerprint density at radius 3 is 0.764 bits per heavy atom. The molecule has 10 amide bonds. The Hall–Kier alpha value is -13.4. The third kappa shape index (κ3) is 28.4. The van der Waals surface area contributed by atoms with Gasteiger partial charge >= 0.3 is 0 Å². The van der Waals surface area contributed by atoms with Gasteiger partial charge in [0.05, 0.1) is 0 Å². The summed E-state index contributed by atoms with van der Waals surface area (Å²) < 4.78 is 51.7. The highest BCUT2D eigenvalue weighted by molar-refractivity contribution is 5.96. The minimum absolute atomic E-state index is 0.0451. The summed E-state index contributed by atoms with van der Waals surface area (Å²) in [5.74, 6) is 0.827. The second-order valence-corrected chi connectivity index (χ2v) is 29.9. The number of halogens is 2. The van der Waals surface area contributed by atoms with Gasteiger partial charge in [0.25, 0.3) is 29.5 Å². The summed E-state index contributed by atoms with van der Waals surface area (Å²) in [7, 11) is 4.12. The van der Waals surface area contributed by atoms with Crippen LogP contribution in [0.15, 0.2) is 192 Å². The van der Waals surface area contributed by atoms with Crippen molar-refractivity contribution < 1.29 is 79.3 Å². The van der Waals surface area contributed by atoms with Gasteiger partial charge in [0.15, 0.2) is 57.3 Å². The van der Waals surface area contributed by atoms with Crippen molar-refractivity contribution in [2.75, 3.05) is 138 Å². The van der Waals surface area contributed by atoms with E-state index >= 15 is 0 Å². The summed E-state index contributed by atoms with van der Waals surface area (Å²) in [5, 5.41) is 32.6. The zero-order valence-corrected chi connectivity index (χ0v) is 69.0. The van der Waals surface area contributed by atoms with Gasteiger partial charge in [-0.3, -0.25) is 47.9 Å². The van der Waals surface area contributed by atoms with E-state index in [1.54, 1.807) is 52.3 Å². The number of rotatable bonds is 30. The Kier molecular flexibility index (Phi) is 34.5. The maximum Gasteiger partial charge on any atom is 0.273 e. The second kappa shape index (κ2) is 47.0. The predicted octanol–water partition coefficient (Wildman–Crippen LogP) is 9.78. The van der Waals surface area contributed by atoms with Crippen molar-refractivity contribution in [2.45, 2.75) is 83.5 Å². The van der Waals surface area contributed by atoms with Gasteiger partial charge in [-0.1, -0.05) is 117 Å². The largest absolute Gasteiger partial charge is 0.355 e. The topological polar surface area (TPSA) is 384 Å². The van der Waals surface area contributed by atoms with Crippen molar-refractivity contribution in [2.24, 2.45) is 0 Å². The Labute approximate surface area is 710 Å². The molecule has 5 aliphatic heterocycles. The molecule has 5 saturated heterocycles. The molecule has 5 aliphatic rings. The number of piperazine rings is 2. The lowest BCUT2D eigenvalue weighted by Gasteiger charge is -2.32. The van der Waals surface area contributed by atoms with Gasteiger partial charge in [-0.2, -0.15) is 0 Å². The number of carbonyl (C=O) groups is 10. The number of hydrogen-bond donors (Lipinski definition) is 5. The average molecular weight is 1690 g/mol. The molecule has 0 aliphatic carbocycles. The molecule has 0 unspecified atom stereocenters. The summed E-state index contributed by atoms with van der Waals surface area (Å²) in [4.78, 5) is 133. The second-order valence-electron chi connectivity index (χ2n) is 29.9. The summed E-state index contributed by atoms with van der Waals surface area (Å²) in [5.41, 5.74) is 4.93. The van der Waals surface area contributed by atoms with Gasteiger partial charge < -0.3 is 83.5 Å². The van der Waals surface area contributed by atoms with Crippen LogP contribution in [0.25, 0.3) is 56.6 Å². The smallest absolute Gasteiger partial charge is 0.273 e. The average Bonchev–Trinajstić information content (AvgIpc) is 1.72. The van der Waals surface area contributed by atoms with E-state index in [0.717, 1.165) is 153 Å². The maximum atomic E-state index is 13.0. The summed E-state index contributed by atoms with van der Waals surface area (Å²) in [6.45, 7) is 13.8. The van der Waals surface area contributed by atoms with E-state index in [1.807, 2.05) is 113 Å². The van der Waals surface area contributed by atoms with Gasteiger partial charge in [-0.15, -0.1) is 0 Å². The first kappa shape index (κ1) is 90.4. The molecule has 648 valence electrons. The summed E-state index contributed by atoms with van der Waals surface area (Å²) in [6, 6.07) is 47.8. The SMILES string of the molecule is CN1CCN(C(=O)CCCCNC(=O)c2cc(-c3ccccc3)on2)CC1.CN1CCN(C(=O)CCCNC(=O)c2cc(-c3ccc(F)cc3)on2)CC1.O=C(NCCC(=O)N1CCC1)c1cc(-c2ccc(F)cc2)on1.O=C(NCCC(=O)N1CCC1)c1cc(-c2ccccc2)on1.O=C(NCCCCC(=O)N1CCC1)c1cc(-c2ccccc2)on1. The Bertz CT molecular complexity index is 5050. The van der Waals surface area contributed by atoms with Crippen molar-refractivity contribution in [3.63, 3.8) is 0 Å². The fourth-order valence-corrected chi connectivity index (χ4v) is 12.9. The van der Waals surface area contributed by atoms with Crippen LogP contribution in [0.3, 0.4) is 0 Å². The number of aromatic nitrogens is 5. The zero-order valence-electron chi connectivity index (χ0n) is 69.0. The lowest BCUT2D eigenvalue weighted by Crippen LogP contribution is -2.47. The highest BCUT2D eigenvalue weighted by atomic mass is 19.1. The minimum atomic E-state index is -0.404. The maximum absolute atomic E-state index is 13.0. The van der Waals surface area contributed by atoms with Gasteiger partial charge in [0.2, 0.25) is 29.5 Å². The molecule has 5 fully saturated rings. The van der Waals surface area contributed by atoms with Crippen LogP contribution in [0.5, 0.6) is 0 Å². The van der Waals surface area contributed by atoms with Crippen molar-refractivity contribution in [3.8, 4) is 56.6 Å². The number of carbonyl (C=O) groups excluding carboxylic acids is 10. The number of nitrogens with one attached hydrogen (secondary N) is 5. The van der Waals surface area contributed by atoms with E-state index < -0.39 is 5.91 Å². The predicted molar refractivity (Wildman–Crippen MR) is 449 cm³/mol. The molecule has 5 aromatic carbocycles. The summed E-state index contributed by atoms with van der Waals surface area (Å²) >= 11 is 0. The van der Waals surface area contributed by atoms with Crippen LogP contribution in [-0.4, -0.2) is 258 Å². The van der Waals surface area contributed by atoms with Crippen molar-refractivity contribution >= 4 is 59.1 Å². The highest BCUT2D eigenvalue weighted by Crippen LogP contribution is 2.26. The van der Waals surface area contributed by atoms with Crippen LogP contribution in [0.4, 0.5) is 8.78 Å². The first-order chi connectivity index (χ1) is 59.8. The highest BCUT2D eigenvalue weighted by Gasteiger charge is 2.26. The normalized spacial score (nSPS) is 14.1. The number of amides is 10. The fourth-order valence-electron chi connectivity index (χ4n) is 12.9. The van der Waals surface area contributed by atoms with Crippen LogP contribution in [0, 0.1) is 11.6 Å². The monoisotopic (exact) mass is 1690 g/mol. The zero-order chi connectivity index (χ0) is 86.7. The Morgan fingerprint density at radius 2 is 0.504 bits per heavy atom. The lowest BCUT2D eigenvalue weighted by atomic mass is 10.1. The number of likely N-dealkylation sites (N-methyl/N-ethyl adjacent to an activating group) is 2. The van der Waals surface area contributed by atoms with Crippen molar-refractivity contribution in [1.82, 2.24) is 86.7 Å². The molecule has 32 nitrogen and oxygen atoms in total. The molecule has 0 atom stereocenters. The van der Waals surface area contributed by atoms with E-state index in [-0.39, 0.29) is 106 Å². The molecule has 15 rings (SSSR count). The van der Waals surface area contributed by atoms with E-state index in [1.165, 1.54) is 36.4 Å². The molecule has 10 heterocycles. The Balaban J connectivity index is 0.000000150. The van der Waals surface area contributed by atoms with Crippen molar-refractivity contribution in [1.29, 1.82) is 0 Å². The van der Waals surface area contributed by atoms with Gasteiger partial charge in [-0.25, -0.2) is 8.78 Å². The van der Waals surface area contributed by atoms with Crippen molar-refractivity contribution in [3.05, 3.63) is 210 Å². The van der Waals surface area contributed by atoms with E-state index in [4.69, 9.17) is 22.6 Å². The van der Waals surface area contributed by atoms with Crippen LogP contribution in [-0.2, 0) is 24.0 Å². The molecule has 10 aromatic rings. The molecule has 0 radical (unpaired) electrons. The van der Waals surface area contributed by atoms with Crippen LogP contribution in [0.2, 0.25) is 0 Å².